The lowest BCUT2D eigenvalue weighted by atomic mass is 9.49. The minimum absolute atomic E-state index is 0.111. The Balaban J connectivity index is 2.41. The van der Waals surface area contributed by atoms with Crippen LogP contribution < -0.4 is 0 Å². The van der Waals surface area contributed by atoms with Crippen molar-refractivity contribution in [1.29, 1.82) is 0 Å². The summed E-state index contributed by atoms with van der Waals surface area (Å²) in [5.74, 6) is -3.90. The van der Waals surface area contributed by atoms with Crippen molar-refractivity contribution >= 4 is 29.8 Å². The summed E-state index contributed by atoms with van der Waals surface area (Å²) < 4.78 is 31.0. The van der Waals surface area contributed by atoms with Crippen LogP contribution in [0, 0.1) is 34.5 Å². The molecule has 0 bridgehead atoms. The first kappa shape index (κ1) is 40.5. The highest BCUT2D eigenvalue weighted by molar-refractivity contribution is 5.72. The van der Waals surface area contributed by atoms with Crippen LogP contribution in [0.3, 0.4) is 0 Å². The van der Waals surface area contributed by atoms with Crippen molar-refractivity contribution in [3.63, 3.8) is 0 Å². The number of fused-ring (bicyclic) bond motifs is 3. The quantitative estimate of drug-likeness (QED) is 0.129. The smallest absolute Gasteiger partial charge is 0.306 e. The number of carbonyl (C=O) groups excluding carboxylic acids is 5. The fraction of sp³-hybridized carbons (Fsp3) is 0.816. The van der Waals surface area contributed by atoms with Gasteiger partial charge in [0.05, 0.1) is 0 Å². The van der Waals surface area contributed by atoms with Gasteiger partial charge in [-0.3, -0.25) is 24.0 Å². The van der Waals surface area contributed by atoms with E-state index >= 15 is 0 Å². The molecule has 2 saturated carbocycles. The second kappa shape index (κ2) is 16.8. The molecule has 0 saturated heterocycles. The summed E-state index contributed by atoms with van der Waals surface area (Å²) >= 11 is 0. The van der Waals surface area contributed by atoms with E-state index < -0.39 is 95.1 Å². The average molecular weight is 693 g/mol. The van der Waals surface area contributed by atoms with Crippen LogP contribution in [0.15, 0.2) is 11.6 Å². The molecule has 0 amide bonds. The molecule has 5 unspecified atom stereocenters. The summed E-state index contributed by atoms with van der Waals surface area (Å²) in [5.41, 5.74) is -1.60. The molecule has 0 radical (unpaired) electrons. The molecule has 3 rings (SSSR count). The van der Waals surface area contributed by atoms with Gasteiger partial charge in [0.1, 0.15) is 30.5 Å². The second-order valence-electron chi connectivity index (χ2n) is 15.1. The third kappa shape index (κ3) is 8.34. The largest absolute Gasteiger partial charge is 0.462 e. The molecule has 0 aromatic rings. The molecule has 0 heterocycles. The van der Waals surface area contributed by atoms with Crippen molar-refractivity contribution in [2.24, 2.45) is 34.5 Å². The fourth-order valence-electron chi connectivity index (χ4n) is 8.80. The van der Waals surface area contributed by atoms with Crippen molar-refractivity contribution in [3.8, 4) is 0 Å². The summed E-state index contributed by atoms with van der Waals surface area (Å²) in [7, 11) is 0. The number of carbonyl (C=O) groups is 5. The third-order valence-electron chi connectivity index (χ3n) is 11.0. The van der Waals surface area contributed by atoms with Crippen molar-refractivity contribution in [2.45, 2.75) is 164 Å². The summed E-state index contributed by atoms with van der Waals surface area (Å²) in [4.78, 5) is 65.8. The van der Waals surface area contributed by atoms with E-state index in [1.165, 1.54) is 6.92 Å². The van der Waals surface area contributed by atoms with E-state index in [-0.39, 0.29) is 38.0 Å². The maximum Gasteiger partial charge on any atom is 0.306 e. The lowest BCUT2D eigenvalue weighted by Crippen LogP contribution is -2.63. The summed E-state index contributed by atoms with van der Waals surface area (Å²) in [6.45, 7) is 18.4. The van der Waals surface area contributed by atoms with Gasteiger partial charge in [-0.25, -0.2) is 0 Å². The Bertz CT molecular complexity index is 1240. The zero-order valence-electron chi connectivity index (χ0n) is 31.2. The molecule has 11 atom stereocenters. The Kier molecular flexibility index (Phi) is 13.9. The predicted molar refractivity (Wildman–Crippen MR) is 181 cm³/mol. The van der Waals surface area contributed by atoms with Crippen molar-refractivity contribution in [2.75, 3.05) is 0 Å². The number of aliphatic hydroxyl groups is 1. The van der Waals surface area contributed by atoms with Gasteiger partial charge in [-0.2, -0.15) is 0 Å². The van der Waals surface area contributed by atoms with E-state index in [1.807, 2.05) is 61.5 Å². The first-order valence-electron chi connectivity index (χ1n) is 18.3. The standard InChI is InChI=1S/C38H60O11/c1-11-15-26(40)46-25-20-37(9)24(19-22(7)32(44)34(45-23(8)39)35(37)48-28(42)17-13-3)31-30(21(5)6)33(47-27(41)16-12-2)36(38(25,31)10)49-29(43)18-14-4/h19,21,24-25,30-36,44H,11-18,20H2,1-10H3/t24-,25+,30-,31?,32+,33-,34+,35?,36?,37?,38?/m1/s1. The maximum absolute atomic E-state index is 13.4. The zero-order valence-corrected chi connectivity index (χ0v) is 31.2. The van der Waals surface area contributed by atoms with Crippen LogP contribution in [-0.4, -0.2) is 71.6 Å². The minimum atomic E-state index is -1.30. The minimum Gasteiger partial charge on any atom is -0.462 e. The molecular weight excluding hydrogens is 632 g/mol. The molecule has 3 aliphatic carbocycles. The topological polar surface area (TPSA) is 152 Å². The van der Waals surface area contributed by atoms with Crippen LogP contribution in [-0.2, 0) is 47.7 Å². The normalized spacial score (nSPS) is 35.3. The molecule has 0 aliphatic heterocycles. The van der Waals surface area contributed by atoms with E-state index in [0.717, 1.165) is 0 Å². The van der Waals surface area contributed by atoms with Gasteiger partial charge in [-0.05, 0) is 62.4 Å². The number of aliphatic hydroxyl groups excluding tert-OH is 1. The van der Waals surface area contributed by atoms with Gasteiger partial charge in [0, 0.05) is 49.4 Å². The lowest BCUT2D eigenvalue weighted by Gasteiger charge is -2.58. The zero-order chi connectivity index (χ0) is 36.8. The fourth-order valence-corrected chi connectivity index (χ4v) is 8.80. The molecule has 0 aromatic carbocycles. The van der Waals surface area contributed by atoms with Crippen molar-refractivity contribution in [3.05, 3.63) is 11.6 Å². The van der Waals surface area contributed by atoms with Crippen molar-refractivity contribution < 1.29 is 52.8 Å². The Morgan fingerprint density at radius 3 is 1.69 bits per heavy atom. The van der Waals surface area contributed by atoms with E-state index in [9.17, 15) is 29.1 Å². The summed E-state index contributed by atoms with van der Waals surface area (Å²) in [6.07, 6.45) is -1.49. The number of hydrogen-bond acceptors (Lipinski definition) is 11. The predicted octanol–water partition coefficient (Wildman–Crippen LogP) is 6.02. The average Bonchev–Trinajstić information content (AvgIpc) is 3.21. The number of allylic oxidation sites excluding steroid dienone is 1. The summed E-state index contributed by atoms with van der Waals surface area (Å²) in [6, 6.07) is 0. The van der Waals surface area contributed by atoms with Gasteiger partial charge in [-0.1, -0.05) is 61.5 Å². The van der Waals surface area contributed by atoms with Gasteiger partial charge in [0.25, 0.3) is 0 Å². The molecule has 11 nitrogen and oxygen atoms in total. The molecule has 0 spiro atoms. The van der Waals surface area contributed by atoms with Crippen LogP contribution >= 0.6 is 0 Å². The van der Waals surface area contributed by atoms with E-state index in [1.54, 1.807) is 6.92 Å². The number of ether oxygens (including phenoxy) is 5. The molecular formula is C38H60O11. The van der Waals surface area contributed by atoms with Gasteiger partial charge in [0.15, 0.2) is 6.10 Å². The first-order chi connectivity index (χ1) is 23.0. The molecule has 49 heavy (non-hydrogen) atoms. The van der Waals surface area contributed by atoms with Crippen molar-refractivity contribution in [1.82, 2.24) is 0 Å². The Hall–Kier alpha value is -2.95. The number of rotatable bonds is 14. The van der Waals surface area contributed by atoms with Crippen LogP contribution in [0.5, 0.6) is 0 Å². The first-order valence-corrected chi connectivity index (χ1v) is 18.3. The van der Waals surface area contributed by atoms with Gasteiger partial charge in [0.2, 0.25) is 0 Å². The van der Waals surface area contributed by atoms with E-state index in [2.05, 4.69) is 0 Å². The number of esters is 5. The van der Waals surface area contributed by atoms with Crippen LogP contribution in [0.4, 0.5) is 0 Å². The SMILES string of the molecule is CCCC(=O)OC1[C@@H](OC(C)=O)[C@@H](O)C(C)=C[C@@H]2C3[C@@H](C(C)C)[C@@H](OC(=O)CCC)C(OC(=O)CCC)C3(C)[C@@H](OC(=O)CCC)CC12C. The number of hydrogen-bond donors (Lipinski definition) is 1. The molecule has 3 aliphatic rings. The summed E-state index contributed by atoms with van der Waals surface area (Å²) in [5, 5.41) is 11.7. The Morgan fingerprint density at radius 1 is 0.755 bits per heavy atom. The molecule has 11 heteroatoms. The Morgan fingerprint density at radius 2 is 1.22 bits per heavy atom. The lowest BCUT2D eigenvalue weighted by molar-refractivity contribution is -0.226. The second-order valence-corrected chi connectivity index (χ2v) is 15.1. The molecule has 0 aromatic heterocycles. The molecule has 278 valence electrons. The van der Waals surface area contributed by atoms with E-state index in [0.29, 0.717) is 31.3 Å². The highest BCUT2D eigenvalue weighted by atomic mass is 16.6. The maximum atomic E-state index is 13.4. The van der Waals surface area contributed by atoms with Gasteiger partial charge >= 0.3 is 29.8 Å². The van der Waals surface area contributed by atoms with Crippen LogP contribution in [0.25, 0.3) is 0 Å². The monoisotopic (exact) mass is 692 g/mol. The third-order valence-corrected chi connectivity index (χ3v) is 11.0. The van der Waals surface area contributed by atoms with Gasteiger partial charge < -0.3 is 28.8 Å². The molecule has 1 N–H and O–H groups in total. The highest BCUT2D eigenvalue weighted by Crippen LogP contribution is 2.67. The molecule has 2 fully saturated rings. The van der Waals surface area contributed by atoms with E-state index in [4.69, 9.17) is 23.7 Å². The Labute approximate surface area is 292 Å². The van der Waals surface area contributed by atoms with Gasteiger partial charge in [-0.15, -0.1) is 0 Å². The highest BCUT2D eigenvalue weighted by Gasteiger charge is 2.74. The van der Waals surface area contributed by atoms with Crippen LogP contribution in [0.2, 0.25) is 0 Å². The van der Waals surface area contributed by atoms with Crippen LogP contribution in [0.1, 0.15) is 127 Å².